The average molecular weight is 304 g/mol. The summed E-state index contributed by atoms with van der Waals surface area (Å²) in [6.07, 6.45) is 5.29. The Labute approximate surface area is 133 Å². The molecule has 0 bridgehead atoms. The quantitative estimate of drug-likeness (QED) is 0.646. The Morgan fingerprint density at radius 1 is 1.36 bits per heavy atom. The molecule has 1 fully saturated rings. The number of nitrogens with zero attached hydrogens (tertiary/aromatic N) is 3. The molecule has 5 nitrogen and oxygen atoms in total. The number of hydrogen-bond acceptors (Lipinski definition) is 3. The Morgan fingerprint density at radius 2 is 2.18 bits per heavy atom. The molecule has 0 amide bonds. The van der Waals surface area contributed by atoms with Crippen molar-refractivity contribution in [1.29, 1.82) is 0 Å². The number of rotatable bonds is 6. The lowest BCUT2D eigenvalue weighted by atomic mass is 10.1. The molecule has 0 atom stereocenters. The lowest BCUT2D eigenvalue weighted by Crippen LogP contribution is -2.47. The highest BCUT2D eigenvalue weighted by Gasteiger charge is 2.21. The molecule has 0 spiro atoms. The lowest BCUT2D eigenvalue weighted by Gasteiger charge is -2.34. The standard InChI is InChI=1S/C17H28N4O/c1-3-18-17(20-12-8-15-7-5-6-11-19-15)21-13-9-16(10-14-21)22-4-2/h5-7,11,16H,3-4,8-10,12-14H2,1-2H3,(H,18,20). The minimum atomic E-state index is 0.414. The van der Waals surface area contributed by atoms with Crippen LogP contribution in [0.25, 0.3) is 0 Å². The Kier molecular flexibility index (Phi) is 7.16. The summed E-state index contributed by atoms with van der Waals surface area (Å²) in [5.74, 6) is 1.02. The second-order valence-corrected chi connectivity index (χ2v) is 5.45. The Hall–Kier alpha value is -1.62. The van der Waals surface area contributed by atoms with Crippen molar-refractivity contribution < 1.29 is 4.74 Å². The first-order valence-electron chi connectivity index (χ1n) is 8.38. The number of guanidine groups is 1. The van der Waals surface area contributed by atoms with E-state index in [9.17, 15) is 0 Å². The first-order valence-corrected chi connectivity index (χ1v) is 8.38. The van der Waals surface area contributed by atoms with Crippen molar-refractivity contribution in [3.63, 3.8) is 0 Å². The van der Waals surface area contributed by atoms with Gasteiger partial charge >= 0.3 is 0 Å². The Morgan fingerprint density at radius 3 is 2.82 bits per heavy atom. The topological polar surface area (TPSA) is 49.8 Å². The molecule has 5 heteroatoms. The molecule has 22 heavy (non-hydrogen) atoms. The van der Waals surface area contributed by atoms with Crippen LogP contribution in [0.15, 0.2) is 29.4 Å². The molecule has 0 saturated carbocycles. The van der Waals surface area contributed by atoms with Crippen LogP contribution < -0.4 is 5.32 Å². The zero-order valence-electron chi connectivity index (χ0n) is 13.8. The largest absolute Gasteiger partial charge is 0.378 e. The molecule has 122 valence electrons. The number of aromatic nitrogens is 1. The lowest BCUT2D eigenvalue weighted by molar-refractivity contribution is 0.0264. The second-order valence-electron chi connectivity index (χ2n) is 5.45. The average Bonchev–Trinajstić information content (AvgIpc) is 2.56. The van der Waals surface area contributed by atoms with Crippen LogP contribution in [0.2, 0.25) is 0 Å². The van der Waals surface area contributed by atoms with Crippen molar-refractivity contribution in [3.05, 3.63) is 30.1 Å². The molecule has 2 rings (SSSR count). The van der Waals surface area contributed by atoms with Gasteiger partial charge in [-0.3, -0.25) is 9.98 Å². The van der Waals surface area contributed by atoms with Gasteiger partial charge in [0.05, 0.1) is 6.10 Å². The Bertz CT molecular complexity index is 441. The number of piperidine rings is 1. The second kappa shape index (κ2) is 9.41. The van der Waals surface area contributed by atoms with Gasteiger partial charge in [-0.2, -0.15) is 0 Å². The monoisotopic (exact) mass is 304 g/mol. The predicted molar refractivity (Wildman–Crippen MR) is 90.1 cm³/mol. The molecule has 1 aliphatic rings. The number of hydrogen-bond donors (Lipinski definition) is 1. The van der Waals surface area contributed by atoms with Gasteiger partial charge in [0.1, 0.15) is 0 Å². The number of pyridine rings is 1. The van der Waals surface area contributed by atoms with Gasteiger partial charge in [-0.1, -0.05) is 6.07 Å². The third-order valence-corrected chi connectivity index (χ3v) is 3.83. The van der Waals surface area contributed by atoms with Crippen molar-refractivity contribution >= 4 is 5.96 Å². The SMILES string of the molecule is CCNC(=NCCc1ccccn1)N1CCC(OCC)CC1. The first kappa shape index (κ1) is 16.7. The summed E-state index contributed by atoms with van der Waals surface area (Å²) in [7, 11) is 0. The molecule has 0 unspecified atom stereocenters. The van der Waals surface area contributed by atoms with Crippen LogP contribution in [0.4, 0.5) is 0 Å². The molecule has 1 aromatic rings. The van der Waals surface area contributed by atoms with Crippen LogP contribution >= 0.6 is 0 Å². The summed E-state index contributed by atoms with van der Waals surface area (Å²) in [4.78, 5) is 11.4. The van der Waals surface area contributed by atoms with Crippen LogP contribution in [0, 0.1) is 0 Å². The number of nitrogens with one attached hydrogen (secondary N) is 1. The fourth-order valence-electron chi connectivity index (χ4n) is 2.72. The highest BCUT2D eigenvalue weighted by Crippen LogP contribution is 2.13. The van der Waals surface area contributed by atoms with Gasteiger partial charge in [0.2, 0.25) is 0 Å². The van der Waals surface area contributed by atoms with E-state index in [2.05, 4.69) is 35.1 Å². The molecule has 1 N–H and O–H groups in total. The van der Waals surface area contributed by atoms with Crippen molar-refractivity contribution in [2.75, 3.05) is 32.8 Å². The maximum Gasteiger partial charge on any atom is 0.193 e. The molecule has 1 aliphatic heterocycles. The predicted octanol–water partition coefficient (Wildman–Crippen LogP) is 2.09. The van der Waals surface area contributed by atoms with E-state index >= 15 is 0 Å². The first-order chi connectivity index (χ1) is 10.8. The highest BCUT2D eigenvalue weighted by atomic mass is 16.5. The van der Waals surface area contributed by atoms with Crippen LogP contribution in [-0.2, 0) is 11.2 Å². The molecular weight excluding hydrogens is 276 g/mol. The molecule has 2 heterocycles. The summed E-state index contributed by atoms with van der Waals surface area (Å²) < 4.78 is 5.71. The third-order valence-electron chi connectivity index (χ3n) is 3.83. The maximum absolute atomic E-state index is 5.71. The van der Waals surface area contributed by atoms with Gasteiger partial charge in [0.25, 0.3) is 0 Å². The van der Waals surface area contributed by atoms with E-state index in [4.69, 9.17) is 9.73 Å². The minimum absolute atomic E-state index is 0.414. The summed E-state index contributed by atoms with van der Waals surface area (Å²) in [6.45, 7) is 8.68. The minimum Gasteiger partial charge on any atom is -0.378 e. The number of likely N-dealkylation sites (tertiary alicyclic amines) is 1. The molecule has 1 saturated heterocycles. The maximum atomic E-state index is 5.71. The smallest absolute Gasteiger partial charge is 0.193 e. The summed E-state index contributed by atoms with van der Waals surface area (Å²) in [5, 5.41) is 3.40. The highest BCUT2D eigenvalue weighted by molar-refractivity contribution is 5.80. The fourth-order valence-corrected chi connectivity index (χ4v) is 2.72. The van der Waals surface area contributed by atoms with Gasteiger partial charge in [0, 0.05) is 51.1 Å². The molecule has 0 aliphatic carbocycles. The normalized spacial score (nSPS) is 16.8. The van der Waals surface area contributed by atoms with Gasteiger partial charge < -0.3 is 15.0 Å². The zero-order chi connectivity index (χ0) is 15.6. The van der Waals surface area contributed by atoms with E-state index in [1.165, 1.54) is 0 Å². The summed E-state index contributed by atoms with van der Waals surface area (Å²) >= 11 is 0. The zero-order valence-corrected chi connectivity index (χ0v) is 13.8. The molecule has 1 aromatic heterocycles. The van der Waals surface area contributed by atoms with Crippen LogP contribution in [0.1, 0.15) is 32.4 Å². The van der Waals surface area contributed by atoms with E-state index in [0.717, 1.165) is 63.7 Å². The molecule has 0 radical (unpaired) electrons. The summed E-state index contributed by atoms with van der Waals surface area (Å²) in [6, 6.07) is 6.02. The Balaban J connectivity index is 1.85. The van der Waals surface area contributed by atoms with Crippen LogP contribution in [0.5, 0.6) is 0 Å². The van der Waals surface area contributed by atoms with E-state index in [1.54, 1.807) is 0 Å². The number of ether oxygens (including phenoxy) is 1. The molecular formula is C17H28N4O. The van der Waals surface area contributed by atoms with E-state index in [-0.39, 0.29) is 0 Å². The van der Waals surface area contributed by atoms with Gasteiger partial charge in [-0.05, 0) is 38.8 Å². The summed E-state index contributed by atoms with van der Waals surface area (Å²) in [5.41, 5.74) is 1.09. The van der Waals surface area contributed by atoms with Crippen LogP contribution in [0.3, 0.4) is 0 Å². The van der Waals surface area contributed by atoms with Gasteiger partial charge in [-0.15, -0.1) is 0 Å². The van der Waals surface area contributed by atoms with Crippen molar-refractivity contribution in [2.45, 2.75) is 39.2 Å². The molecule has 0 aromatic carbocycles. The third kappa shape index (κ3) is 5.30. The van der Waals surface area contributed by atoms with Gasteiger partial charge in [0.15, 0.2) is 5.96 Å². The van der Waals surface area contributed by atoms with Crippen molar-refractivity contribution in [2.24, 2.45) is 4.99 Å². The van der Waals surface area contributed by atoms with E-state index < -0.39 is 0 Å². The van der Waals surface area contributed by atoms with Crippen molar-refractivity contribution in [3.8, 4) is 0 Å². The number of aliphatic imine (C=N–C) groups is 1. The van der Waals surface area contributed by atoms with E-state index in [0.29, 0.717) is 6.10 Å². The fraction of sp³-hybridized carbons (Fsp3) is 0.647. The van der Waals surface area contributed by atoms with Crippen molar-refractivity contribution in [1.82, 2.24) is 15.2 Å². The van der Waals surface area contributed by atoms with E-state index in [1.807, 2.05) is 18.3 Å². The van der Waals surface area contributed by atoms with Crippen LogP contribution in [-0.4, -0.2) is 54.7 Å². The van der Waals surface area contributed by atoms with Gasteiger partial charge in [-0.25, -0.2) is 0 Å².